The van der Waals surface area contributed by atoms with Crippen molar-refractivity contribution < 1.29 is 14.1 Å². The largest absolute Gasteiger partial charge is 0.377 e. The molecule has 2 heterocycles. The van der Waals surface area contributed by atoms with Gasteiger partial charge in [-0.1, -0.05) is 12.1 Å². The van der Waals surface area contributed by atoms with Gasteiger partial charge in [-0.15, -0.1) is 0 Å². The number of morpholine rings is 1. The molecule has 0 spiro atoms. The lowest BCUT2D eigenvalue weighted by Gasteiger charge is -2.34. The fourth-order valence-electron chi connectivity index (χ4n) is 2.10. The Kier molecular flexibility index (Phi) is 3.86. The average Bonchev–Trinajstić information content (AvgIpc) is 2.70. The number of carbonyl (C=O) groups is 1. The first-order valence-electron chi connectivity index (χ1n) is 6.21. The smallest absolute Gasteiger partial charge is 0.322 e. The van der Waals surface area contributed by atoms with E-state index < -0.39 is 0 Å². The molecule has 6 heteroatoms. The van der Waals surface area contributed by atoms with Crippen LogP contribution < -0.4 is 5.32 Å². The van der Waals surface area contributed by atoms with Crippen molar-refractivity contribution in [2.24, 2.45) is 0 Å². The van der Waals surface area contributed by atoms with Gasteiger partial charge in [0, 0.05) is 6.54 Å². The Balaban J connectivity index is 2.07. The predicted octanol–water partition coefficient (Wildman–Crippen LogP) is 1.93. The first-order chi connectivity index (χ1) is 8.63. The molecule has 1 aromatic rings. The number of urea groups is 1. The summed E-state index contributed by atoms with van der Waals surface area (Å²) >= 11 is 0. The molecule has 0 aromatic carbocycles. The number of nitrogens with one attached hydrogen (secondary N) is 1. The van der Waals surface area contributed by atoms with Gasteiger partial charge in [-0.05, 0) is 20.3 Å². The van der Waals surface area contributed by atoms with Gasteiger partial charge in [0.25, 0.3) is 0 Å². The van der Waals surface area contributed by atoms with Crippen LogP contribution in [0.1, 0.15) is 24.8 Å². The highest BCUT2D eigenvalue weighted by atomic mass is 16.5. The molecule has 6 nitrogen and oxygen atoms in total. The summed E-state index contributed by atoms with van der Waals surface area (Å²) in [5, 5.41) is 6.69. The van der Waals surface area contributed by atoms with E-state index in [0.717, 1.165) is 6.42 Å². The number of hydrogen-bond donors (Lipinski definition) is 1. The van der Waals surface area contributed by atoms with Crippen LogP contribution in [0.3, 0.4) is 0 Å². The Morgan fingerprint density at radius 2 is 2.33 bits per heavy atom. The molecule has 1 aliphatic rings. The first-order valence-corrected chi connectivity index (χ1v) is 6.21. The van der Waals surface area contributed by atoms with E-state index >= 15 is 0 Å². The van der Waals surface area contributed by atoms with E-state index in [1.54, 1.807) is 6.92 Å². The van der Waals surface area contributed by atoms with Gasteiger partial charge in [0.1, 0.15) is 11.4 Å². The Bertz CT molecular complexity index is 411. The van der Waals surface area contributed by atoms with E-state index in [4.69, 9.17) is 9.26 Å². The maximum absolute atomic E-state index is 12.2. The highest BCUT2D eigenvalue weighted by Gasteiger charge is 2.27. The average molecular weight is 253 g/mol. The molecular formula is C12H19N3O3. The lowest BCUT2D eigenvalue weighted by Crippen LogP contribution is -2.50. The Morgan fingerprint density at radius 3 is 2.94 bits per heavy atom. The summed E-state index contributed by atoms with van der Waals surface area (Å²) in [4.78, 5) is 14.0. The minimum atomic E-state index is -0.112. The van der Waals surface area contributed by atoms with Crippen molar-refractivity contribution in [2.45, 2.75) is 33.2 Å². The number of amides is 2. The van der Waals surface area contributed by atoms with Gasteiger partial charge in [-0.25, -0.2) is 4.79 Å². The normalized spacial score (nSPS) is 19.9. The number of nitrogens with zero attached hydrogens (tertiary/aromatic N) is 2. The quantitative estimate of drug-likeness (QED) is 0.874. The molecule has 1 N–H and O–H groups in total. The van der Waals surface area contributed by atoms with Gasteiger partial charge in [-0.3, -0.25) is 0 Å². The van der Waals surface area contributed by atoms with Crippen molar-refractivity contribution in [3.63, 3.8) is 0 Å². The number of carbonyl (C=O) groups excluding carboxylic acids is 1. The monoisotopic (exact) mass is 253 g/mol. The van der Waals surface area contributed by atoms with Crippen LogP contribution in [0.15, 0.2) is 4.52 Å². The summed E-state index contributed by atoms with van der Waals surface area (Å²) in [7, 11) is 0. The molecule has 1 aliphatic heterocycles. The van der Waals surface area contributed by atoms with Crippen LogP contribution in [0.4, 0.5) is 10.5 Å². The van der Waals surface area contributed by atoms with Crippen molar-refractivity contribution in [2.75, 3.05) is 25.1 Å². The number of anilines is 1. The molecule has 0 bridgehead atoms. The summed E-state index contributed by atoms with van der Waals surface area (Å²) in [6.07, 6.45) is 0.884. The molecule has 0 saturated carbocycles. The van der Waals surface area contributed by atoms with Crippen LogP contribution in [-0.4, -0.2) is 41.9 Å². The van der Waals surface area contributed by atoms with E-state index in [1.807, 2.05) is 11.8 Å². The van der Waals surface area contributed by atoms with Crippen LogP contribution in [0.25, 0.3) is 0 Å². The van der Waals surface area contributed by atoms with Gasteiger partial charge in [0.05, 0.1) is 19.3 Å². The number of hydrogen-bond acceptors (Lipinski definition) is 4. The Labute approximate surface area is 106 Å². The summed E-state index contributed by atoms with van der Waals surface area (Å²) in [6, 6.07) is 0.0266. The van der Waals surface area contributed by atoms with Crippen molar-refractivity contribution in [3.05, 3.63) is 11.5 Å². The zero-order valence-electron chi connectivity index (χ0n) is 11.0. The molecule has 0 unspecified atom stereocenters. The second-order valence-electron chi connectivity index (χ2n) is 4.46. The topological polar surface area (TPSA) is 67.6 Å². The van der Waals surface area contributed by atoms with E-state index in [2.05, 4.69) is 17.4 Å². The first kappa shape index (κ1) is 12.9. The molecular weight excluding hydrogens is 234 g/mol. The summed E-state index contributed by atoms with van der Waals surface area (Å²) in [6.45, 7) is 7.45. The lowest BCUT2D eigenvalue weighted by molar-refractivity contribution is 0.0144. The van der Waals surface area contributed by atoms with Gasteiger partial charge >= 0.3 is 6.03 Å². The summed E-state index contributed by atoms with van der Waals surface area (Å²) in [5.74, 6) is 0.627. The third-order valence-electron chi connectivity index (χ3n) is 3.22. The molecule has 2 rings (SSSR count). The summed E-state index contributed by atoms with van der Waals surface area (Å²) < 4.78 is 10.4. The zero-order chi connectivity index (χ0) is 13.1. The minimum absolute atomic E-state index is 0.112. The maximum atomic E-state index is 12.2. The molecule has 1 saturated heterocycles. The van der Waals surface area contributed by atoms with Crippen molar-refractivity contribution in [1.82, 2.24) is 10.1 Å². The molecule has 0 radical (unpaired) electrons. The van der Waals surface area contributed by atoms with Crippen LogP contribution >= 0.6 is 0 Å². The number of aromatic nitrogens is 1. The highest BCUT2D eigenvalue weighted by molar-refractivity contribution is 5.90. The fourth-order valence-corrected chi connectivity index (χ4v) is 2.10. The van der Waals surface area contributed by atoms with E-state index in [9.17, 15) is 4.79 Å². The summed E-state index contributed by atoms with van der Waals surface area (Å²) in [5.41, 5.74) is 1.36. The third-order valence-corrected chi connectivity index (χ3v) is 3.22. The van der Waals surface area contributed by atoms with Crippen molar-refractivity contribution in [1.29, 1.82) is 0 Å². The van der Waals surface area contributed by atoms with Gasteiger partial charge in [0.2, 0.25) is 0 Å². The van der Waals surface area contributed by atoms with E-state index in [0.29, 0.717) is 36.9 Å². The molecule has 2 amide bonds. The number of ether oxygens (including phenoxy) is 1. The standard InChI is InChI=1S/C12H19N3O3/c1-4-10-7-17-6-5-15(10)12(16)13-11-8(2)14-18-9(11)3/h10H,4-7H2,1-3H3,(H,13,16)/t10-/m1/s1. The maximum Gasteiger partial charge on any atom is 0.322 e. The third kappa shape index (κ3) is 2.48. The van der Waals surface area contributed by atoms with E-state index in [-0.39, 0.29) is 12.1 Å². The number of rotatable bonds is 2. The van der Waals surface area contributed by atoms with Gasteiger partial charge < -0.3 is 19.5 Å². The van der Waals surface area contributed by atoms with Crippen LogP contribution in [0.5, 0.6) is 0 Å². The molecule has 1 aromatic heterocycles. The van der Waals surface area contributed by atoms with Gasteiger partial charge in [0.15, 0.2) is 5.76 Å². The van der Waals surface area contributed by atoms with Crippen molar-refractivity contribution in [3.8, 4) is 0 Å². The number of aryl methyl sites for hydroxylation is 2. The highest BCUT2D eigenvalue weighted by Crippen LogP contribution is 2.20. The van der Waals surface area contributed by atoms with Crippen LogP contribution in [0.2, 0.25) is 0 Å². The molecule has 100 valence electrons. The lowest BCUT2D eigenvalue weighted by atomic mass is 10.2. The van der Waals surface area contributed by atoms with Crippen molar-refractivity contribution >= 4 is 11.7 Å². The minimum Gasteiger partial charge on any atom is -0.377 e. The van der Waals surface area contributed by atoms with Crippen LogP contribution in [0, 0.1) is 13.8 Å². The molecule has 18 heavy (non-hydrogen) atoms. The SMILES string of the molecule is CC[C@@H]1COCCN1C(=O)Nc1c(C)noc1C. The zero-order valence-corrected chi connectivity index (χ0v) is 11.0. The predicted molar refractivity (Wildman–Crippen MR) is 66.6 cm³/mol. The molecule has 0 aliphatic carbocycles. The Hall–Kier alpha value is -1.56. The second kappa shape index (κ2) is 5.39. The van der Waals surface area contributed by atoms with Crippen LogP contribution in [-0.2, 0) is 4.74 Å². The van der Waals surface area contributed by atoms with Gasteiger partial charge in [-0.2, -0.15) is 0 Å². The molecule has 1 fully saturated rings. The fraction of sp³-hybridized carbons (Fsp3) is 0.667. The second-order valence-corrected chi connectivity index (χ2v) is 4.46. The van der Waals surface area contributed by atoms with E-state index in [1.165, 1.54) is 0 Å². The Morgan fingerprint density at radius 1 is 1.56 bits per heavy atom. The molecule has 1 atom stereocenters.